The molecule has 0 radical (unpaired) electrons. The normalized spacial score (nSPS) is 10.2. The van der Waals surface area contributed by atoms with Gasteiger partial charge in [0, 0.05) is 17.0 Å². The van der Waals surface area contributed by atoms with Gasteiger partial charge in [0.1, 0.15) is 5.82 Å². The van der Waals surface area contributed by atoms with Crippen molar-refractivity contribution in [1.82, 2.24) is 0 Å². The van der Waals surface area contributed by atoms with Gasteiger partial charge in [-0.1, -0.05) is 18.5 Å². The zero-order chi connectivity index (χ0) is 10.0. The summed E-state index contributed by atoms with van der Waals surface area (Å²) in [6.45, 7) is 3.26. The molecular formula is C10H10ClFO. The van der Waals surface area contributed by atoms with Gasteiger partial charge in [0.05, 0.1) is 5.56 Å². The van der Waals surface area contributed by atoms with Crippen molar-refractivity contribution in [3.8, 4) is 0 Å². The van der Waals surface area contributed by atoms with Crippen LogP contribution in [0.3, 0.4) is 0 Å². The predicted molar refractivity (Wildman–Crippen MR) is 50.8 cm³/mol. The number of carbonyl (C=O) groups excluding carboxylic acids is 1. The fourth-order valence-corrected chi connectivity index (χ4v) is 1.21. The topological polar surface area (TPSA) is 17.1 Å². The Morgan fingerprint density at radius 3 is 2.69 bits per heavy atom. The summed E-state index contributed by atoms with van der Waals surface area (Å²) < 4.78 is 13.4. The van der Waals surface area contributed by atoms with Crippen LogP contribution in [0.15, 0.2) is 12.1 Å². The molecule has 0 amide bonds. The minimum atomic E-state index is -0.501. The standard InChI is InChI=1S/C10H10ClFO/c1-3-9(13)7-4-5-8(11)6(2)10(7)12/h4-5H,3H2,1-2H3. The van der Waals surface area contributed by atoms with Crippen molar-refractivity contribution in [3.63, 3.8) is 0 Å². The molecule has 1 aromatic carbocycles. The van der Waals surface area contributed by atoms with Crippen molar-refractivity contribution in [2.45, 2.75) is 20.3 Å². The van der Waals surface area contributed by atoms with Crippen LogP contribution in [-0.4, -0.2) is 5.78 Å². The maximum absolute atomic E-state index is 13.4. The maximum atomic E-state index is 13.4. The summed E-state index contributed by atoms with van der Waals surface area (Å²) in [4.78, 5) is 11.2. The quantitative estimate of drug-likeness (QED) is 0.669. The van der Waals surface area contributed by atoms with Crippen molar-refractivity contribution in [2.75, 3.05) is 0 Å². The Morgan fingerprint density at radius 2 is 2.15 bits per heavy atom. The van der Waals surface area contributed by atoms with E-state index >= 15 is 0 Å². The summed E-state index contributed by atoms with van der Waals surface area (Å²) in [6.07, 6.45) is 0.304. The van der Waals surface area contributed by atoms with Gasteiger partial charge in [0.2, 0.25) is 0 Å². The van der Waals surface area contributed by atoms with Crippen LogP contribution in [0.4, 0.5) is 4.39 Å². The lowest BCUT2D eigenvalue weighted by atomic mass is 10.1. The van der Waals surface area contributed by atoms with Crippen LogP contribution in [0.2, 0.25) is 5.02 Å². The van der Waals surface area contributed by atoms with Crippen molar-refractivity contribution >= 4 is 17.4 Å². The van der Waals surface area contributed by atoms with Gasteiger partial charge in [-0.3, -0.25) is 4.79 Å². The highest BCUT2D eigenvalue weighted by atomic mass is 35.5. The first-order valence-corrected chi connectivity index (χ1v) is 4.43. The van der Waals surface area contributed by atoms with Gasteiger partial charge < -0.3 is 0 Å². The Bertz CT molecular complexity index is 347. The lowest BCUT2D eigenvalue weighted by molar-refractivity contribution is 0.0984. The Morgan fingerprint density at radius 1 is 1.54 bits per heavy atom. The Balaban J connectivity index is 3.26. The molecule has 0 aliphatic heterocycles. The van der Waals surface area contributed by atoms with Gasteiger partial charge in [-0.2, -0.15) is 0 Å². The number of halogens is 2. The van der Waals surface area contributed by atoms with E-state index in [2.05, 4.69) is 0 Å². The Labute approximate surface area is 81.5 Å². The fraction of sp³-hybridized carbons (Fsp3) is 0.300. The smallest absolute Gasteiger partial charge is 0.165 e. The minimum Gasteiger partial charge on any atom is -0.294 e. The van der Waals surface area contributed by atoms with Gasteiger partial charge in [-0.05, 0) is 19.1 Å². The van der Waals surface area contributed by atoms with E-state index in [-0.39, 0.29) is 11.3 Å². The molecule has 0 N–H and O–H groups in total. The lowest BCUT2D eigenvalue weighted by Gasteiger charge is -2.04. The van der Waals surface area contributed by atoms with Gasteiger partial charge in [-0.15, -0.1) is 0 Å². The molecule has 0 aromatic heterocycles. The average molecular weight is 201 g/mol. The third-order valence-corrected chi connectivity index (χ3v) is 2.35. The number of benzene rings is 1. The molecule has 0 atom stereocenters. The monoisotopic (exact) mass is 200 g/mol. The first-order chi connectivity index (χ1) is 6.07. The van der Waals surface area contributed by atoms with E-state index in [9.17, 15) is 9.18 Å². The Hall–Kier alpha value is -0.890. The van der Waals surface area contributed by atoms with Crippen molar-refractivity contribution in [3.05, 3.63) is 34.1 Å². The number of hydrogen-bond acceptors (Lipinski definition) is 1. The molecule has 13 heavy (non-hydrogen) atoms. The van der Waals surface area contributed by atoms with E-state index in [0.717, 1.165) is 0 Å². The number of ketones is 1. The number of Topliss-reactive ketones (excluding diaryl/α,β-unsaturated/α-hetero) is 1. The number of carbonyl (C=O) groups is 1. The van der Waals surface area contributed by atoms with E-state index in [1.807, 2.05) is 0 Å². The number of hydrogen-bond donors (Lipinski definition) is 0. The van der Waals surface area contributed by atoms with Gasteiger partial charge in [0.15, 0.2) is 5.78 Å². The van der Waals surface area contributed by atoms with Crippen LogP contribution in [0.1, 0.15) is 29.3 Å². The van der Waals surface area contributed by atoms with Crippen molar-refractivity contribution in [2.24, 2.45) is 0 Å². The molecule has 1 nitrogen and oxygen atoms in total. The van der Waals surface area contributed by atoms with E-state index in [0.29, 0.717) is 17.0 Å². The molecule has 0 aliphatic rings. The molecule has 0 heterocycles. The van der Waals surface area contributed by atoms with E-state index in [4.69, 9.17) is 11.6 Å². The maximum Gasteiger partial charge on any atom is 0.165 e. The molecule has 0 saturated heterocycles. The summed E-state index contributed by atoms with van der Waals surface area (Å²) in [5.74, 6) is -0.698. The molecule has 0 fully saturated rings. The van der Waals surface area contributed by atoms with Gasteiger partial charge >= 0.3 is 0 Å². The highest BCUT2D eigenvalue weighted by Gasteiger charge is 2.13. The summed E-state index contributed by atoms with van der Waals surface area (Å²) in [7, 11) is 0. The average Bonchev–Trinajstić information content (AvgIpc) is 2.13. The fourth-order valence-electron chi connectivity index (χ4n) is 1.07. The molecule has 0 saturated carbocycles. The second-order valence-electron chi connectivity index (χ2n) is 2.81. The highest BCUT2D eigenvalue weighted by molar-refractivity contribution is 6.31. The number of rotatable bonds is 2. The van der Waals surface area contributed by atoms with E-state index < -0.39 is 5.82 Å². The van der Waals surface area contributed by atoms with Crippen molar-refractivity contribution in [1.29, 1.82) is 0 Å². The van der Waals surface area contributed by atoms with E-state index in [1.165, 1.54) is 6.07 Å². The predicted octanol–water partition coefficient (Wildman–Crippen LogP) is 3.38. The van der Waals surface area contributed by atoms with Gasteiger partial charge in [0.25, 0.3) is 0 Å². The van der Waals surface area contributed by atoms with Gasteiger partial charge in [-0.25, -0.2) is 4.39 Å². The second-order valence-corrected chi connectivity index (χ2v) is 3.22. The zero-order valence-electron chi connectivity index (χ0n) is 7.53. The van der Waals surface area contributed by atoms with E-state index in [1.54, 1.807) is 19.9 Å². The Kier molecular flexibility index (Phi) is 3.04. The zero-order valence-corrected chi connectivity index (χ0v) is 8.28. The summed E-state index contributed by atoms with van der Waals surface area (Å²) in [6, 6.07) is 2.97. The molecule has 1 aromatic rings. The summed E-state index contributed by atoms with van der Waals surface area (Å²) >= 11 is 5.68. The van der Waals surface area contributed by atoms with Crippen LogP contribution in [0, 0.1) is 12.7 Å². The molecule has 3 heteroatoms. The first kappa shape index (κ1) is 10.2. The second kappa shape index (κ2) is 3.88. The van der Waals surface area contributed by atoms with Crippen molar-refractivity contribution < 1.29 is 9.18 Å². The summed E-state index contributed by atoms with van der Waals surface area (Å²) in [5.41, 5.74) is 0.463. The minimum absolute atomic E-state index is 0.129. The molecule has 1 rings (SSSR count). The molecule has 70 valence electrons. The molecule has 0 aliphatic carbocycles. The van der Waals surface area contributed by atoms with Crippen LogP contribution >= 0.6 is 11.6 Å². The van der Waals surface area contributed by atoms with Crippen LogP contribution in [0.5, 0.6) is 0 Å². The molecule has 0 bridgehead atoms. The highest BCUT2D eigenvalue weighted by Crippen LogP contribution is 2.21. The molecular weight excluding hydrogens is 191 g/mol. The lowest BCUT2D eigenvalue weighted by Crippen LogP contribution is -2.02. The van der Waals surface area contributed by atoms with Crippen LogP contribution in [0.25, 0.3) is 0 Å². The first-order valence-electron chi connectivity index (χ1n) is 4.05. The SMILES string of the molecule is CCC(=O)c1ccc(Cl)c(C)c1F. The van der Waals surface area contributed by atoms with Crippen LogP contribution < -0.4 is 0 Å². The van der Waals surface area contributed by atoms with Crippen LogP contribution in [-0.2, 0) is 0 Å². The third-order valence-electron chi connectivity index (χ3n) is 1.94. The molecule has 0 spiro atoms. The third kappa shape index (κ3) is 1.89. The molecule has 0 unspecified atom stereocenters. The summed E-state index contributed by atoms with van der Waals surface area (Å²) in [5, 5.41) is 0.352. The largest absolute Gasteiger partial charge is 0.294 e.